The second kappa shape index (κ2) is 5.32. The molecule has 0 radical (unpaired) electrons. The predicted molar refractivity (Wildman–Crippen MR) is 60.9 cm³/mol. The molecule has 14 heavy (non-hydrogen) atoms. The zero-order valence-electron chi connectivity index (χ0n) is 8.84. The normalized spacial score (nSPS) is 9.57. The highest BCUT2D eigenvalue weighted by Crippen LogP contribution is 2.14. The molecule has 1 aromatic rings. The van der Waals surface area contributed by atoms with Gasteiger partial charge in [-0.05, 0) is 37.6 Å². The van der Waals surface area contributed by atoms with E-state index in [2.05, 4.69) is 11.9 Å². The van der Waals surface area contributed by atoms with E-state index < -0.39 is 0 Å². The van der Waals surface area contributed by atoms with Crippen LogP contribution >= 0.6 is 0 Å². The summed E-state index contributed by atoms with van der Waals surface area (Å²) in [6, 6.07) is 7.92. The first-order chi connectivity index (χ1) is 6.72. The first kappa shape index (κ1) is 10.6. The van der Waals surface area contributed by atoms with Gasteiger partial charge in [0, 0.05) is 12.2 Å². The third-order valence-corrected chi connectivity index (χ3v) is 1.97. The minimum absolute atomic E-state index is 0.885. The fraction of sp³-hybridized carbons (Fsp3) is 0.333. The maximum absolute atomic E-state index is 5.07. The number of nitrogens with one attached hydrogen (secondary N) is 1. The van der Waals surface area contributed by atoms with Crippen LogP contribution in [-0.2, 0) is 0 Å². The van der Waals surface area contributed by atoms with Crippen molar-refractivity contribution in [3.8, 4) is 5.75 Å². The largest absolute Gasteiger partial charge is 0.497 e. The first-order valence-corrected chi connectivity index (χ1v) is 4.74. The van der Waals surface area contributed by atoms with E-state index >= 15 is 0 Å². The van der Waals surface area contributed by atoms with E-state index in [9.17, 15) is 0 Å². The lowest BCUT2D eigenvalue weighted by molar-refractivity contribution is 0.415. The zero-order valence-corrected chi connectivity index (χ0v) is 8.84. The summed E-state index contributed by atoms with van der Waals surface area (Å²) in [5, 5.41) is 3.31. The van der Waals surface area contributed by atoms with Gasteiger partial charge < -0.3 is 10.1 Å². The standard InChI is InChI=1S/C12H17NO/c1-10(2)8-9-13-11-4-6-12(14-3)7-5-11/h4-7,13H,1,8-9H2,2-3H3. The molecule has 0 bridgehead atoms. The highest BCUT2D eigenvalue weighted by atomic mass is 16.5. The second-order valence-corrected chi connectivity index (χ2v) is 3.36. The average molecular weight is 191 g/mol. The van der Waals surface area contributed by atoms with Crippen LogP contribution in [-0.4, -0.2) is 13.7 Å². The Bertz CT molecular complexity index is 290. The van der Waals surface area contributed by atoms with E-state index in [0.717, 1.165) is 24.4 Å². The molecule has 0 spiro atoms. The smallest absolute Gasteiger partial charge is 0.119 e. The molecule has 2 heteroatoms. The summed E-state index contributed by atoms with van der Waals surface area (Å²) in [4.78, 5) is 0. The molecule has 0 aliphatic heterocycles. The van der Waals surface area contributed by atoms with Gasteiger partial charge in [0.15, 0.2) is 0 Å². The third-order valence-electron chi connectivity index (χ3n) is 1.97. The highest BCUT2D eigenvalue weighted by Gasteiger charge is 1.93. The SMILES string of the molecule is C=C(C)CCNc1ccc(OC)cc1. The summed E-state index contributed by atoms with van der Waals surface area (Å²) in [6.07, 6.45) is 1.01. The molecule has 0 aromatic heterocycles. The topological polar surface area (TPSA) is 21.3 Å². The van der Waals surface area contributed by atoms with Crippen LogP contribution in [0.15, 0.2) is 36.4 Å². The monoisotopic (exact) mass is 191 g/mol. The highest BCUT2D eigenvalue weighted by molar-refractivity contribution is 5.46. The minimum Gasteiger partial charge on any atom is -0.497 e. The summed E-state index contributed by atoms with van der Waals surface area (Å²) < 4.78 is 5.07. The molecule has 0 heterocycles. The quantitative estimate of drug-likeness (QED) is 0.722. The van der Waals surface area contributed by atoms with Crippen molar-refractivity contribution in [3.63, 3.8) is 0 Å². The van der Waals surface area contributed by atoms with E-state index in [-0.39, 0.29) is 0 Å². The lowest BCUT2D eigenvalue weighted by Crippen LogP contribution is -2.01. The van der Waals surface area contributed by atoms with Crippen molar-refractivity contribution in [2.24, 2.45) is 0 Å². The maximum Gasteiger partial charge on any atom is 0.119 e. The predicted octanol–water partition coefficient (Wildman–Crippen LogP) is 3.07. The fourth-order valence-electron chi connectivity index (χ4n) is 1.13. The number of methoxy groups -OCH3 is 1. The van der Waals surface area contributed by atoms with Crippen LogP contribution in [0.25, 0.3) is 0 Å². The van der Waals surface area contributed by atoms with Crippen LogP contribution in [0.1, 0.15) is 13.3 Å². The van der Waals surface area contributed by atoms with Gasteiger partial charge in [-0.3, -0.25) is 0 Å². The Morgan fingerprint density at radius 1 is 1.36 bits per heavy atom. The number of anilines is 1. The molecule has 0 unspecified atom stereocenters. The van der Waals surface area contributed by atoms with Gasteiger partial charge in [-0.1, -0.05) is 5.57 Å². The van der Waals surface area contributed by atoms with Crippen molar-refractivity contribution in [1.82, 2.24) is 0 Å². The van der Waals surface area contributed by atoms with Crippen molar-refractivity contribution < 1.29 is 4.74 Å². The molecule has 0 saturated carbocycles. The van der Waals surface area contributed by atoms with Gasteiger partial charge >= 0.3 is 0 Å². The summed E-state index contributed by atoms with van der Waals surface area (Å²) >= 11 is 0. The van der Waals surface area contributed by atoms with Gasteiger partial charge in [-0.25, -0.2) is 0 Å². The van der Waals surface area contributed by atoms with Gasteiger partial charge in [0.25, 0.3) is 0 Å². The lowest BCUT2D eigenvalue weighted by Gasteiger charge is -2.06. The molecule has 1 N–H and O–H groups in total. The van der Waals surface area contributed by atoms with Crippen LogP contribution in [0.5, 0.6) is 5.75 Å². The molecule has 76 valence electrons. The number of rotatable bonds is 5. The molecule has 0 aliphatic carbocycles. The van der Waals surface area contributed by atoms with Crippen LogP contribution in [0.4, 0.5) is 5.69 Å². The number of hydrogen-bond acceptors (Lipinski definition) is 2. The fourth-order valence-corrected chi connectivity index (χ4v) is 1.13. The number of benzene rings is 1. The van der Waals surface area contributed by atoms with Crippen molar-refractivity contribution in [2.45, 2.75) is 13.3 Å². The van der Waals surface area contributed by atoms with E-state index in [1.54, 1.807) is 7.11 Å². The summed E-state index contributed by atoms with van der Waals surface area (Å²) in [5.74, 6) is 0.885. The summed E-state index contributed by atoms with van der Waals surface area (Å²) in [7, 11) is 1.67. The van der Waals surface area contributed by atoms with Gasteiger partial charge in [0.1, 0.15) is 5.75 Å². The van der Waals surface area contributed by atoms with Crippen molar-refractivity contribution >= 4 is 5.69 Å². The van der Waals surface area contributed by atoms with E-state index in [1.165, 1.54) is 5.57 Å². The zero-order chi connectivity index (χ0) is 10.4. The van der Waals surface area contributed by atoms with Crippen molar-refractivity contribution in [2.75, 3.05) is 19.0 Å². The molecule has 0 fully saturated rings. The van der Waals surface area contributed by atoms with Crippen LogP contribution in [0, 0.1) is 0 Å². The number of ether oxygens (including phenoxy) is 1. The van der Waals surface area contributed by atoms with Crippen LogP contribution in [0.2, 0.25) is 0 Å². The van der Waals surface area contributed by atoms with Gasteiger partial charge in [-0.15, -0.1) is 6.58 Å². The first-order valence-electron chi connectivity index (χ1n) is 4.74. The molecule has 0 aliphatic rings. The molecule has 0 atom stereocenters. The Morgan fingerprint density at radius 2 is 2.00 bits per heavy atom. The Kier molecular flexibility index (Phi) is 4.05. The van der Waals surface area contributed by atoms with Crippen LogP contribution in [0.3, 0.4) is 0 Å². The van der Waals surface area contributed by atoms with Crippen molar-refractivity contribution in [1.29, 1.82) is 0 Å². The maximum atomic E-state index is 5.07. The van der Waals surface area contributed by atoms with Gasteiger partial charge in [0.2, 0.25) is 0 Å². The molecule has 1 aromatic carbocycles. The second-order valence-electron chi connectivity index (χ2n) is 3.36. The Hall–Kier alpha value is -1.44. The molecule has 1 rings (SSSR count). The molecule has 2 nitrogen and oxygen atoms in total. The Morgan fingerprint density at radius 3 is 2.50 bits per heavy atom. The van der Waals surface area contributed by atoms with Gasteiger partial charge in [0.05, 0.1) is 7.11 Å². The molecular formula is C12H17NO. The number of hydrogen-bond donors (Lipinski definition) is 1. The summed E-state index contributed by atoms with van der Waals surface area (Å²) in [6.45, 7) is 6.82. The molecular weight excluding hydrogens is 174 g/mol. The summed E-state index contributed by atoms with van der Waals surface area (Å²) in [5.41, 5.74) is 2.32. The van der Waals surface area contributed by atoms with E-state index in [4.69, 9.17) is 4.74 Å². The Labute approximate surface area is 85.6 Å². The Balaban J connectivity index is 2.40. The molecule has 0 amide bonds. The van der Waals surface area contributed by atoms with Crippen molar-refractivity contribution in [3.05, 3.63) is 36.4 Å². The lowest BCUT2D eigenvalue weighted by atomic mass is 10.2. The van der Waals surface area contributed by atoms with Crippen LogP contribution < -0.4 is 10.1 Å². The minimum atomic E-state index is 0.885. The van der Waals surface area contributed by atoms with E-state index in [1.807, 2.05) is 31.2 Å². The third kappa shape index (κ3) is 3.52. The van der Waals surface area contributed by atoms with E-state index in [0.29, 0.717) is 0 Å². The average Bonchev–Trinajstić information content (AvgIpc) is 2.18. The molecule has 0 saturated heterocycles. The van der Waals surface area contributed by atoms with Gasteiger partial charge in [-0.2, -0.15) is 0 Å².